The van der Waals surface area contributed by atoms with Crippen molar-refractivity contribution in [1.29, 1.82) is 0 Å². The number of esters is 1. The van der Waals surface area contributed by atoms with Crippen LogP contribution in [0.2, 0.25) is 0 Å². The van der Waals surface area contributed by atoms with Crippen LogP contribution in [-0.2, 0) is 21.2 Å². The maximum Gasteiger partial charge on any atom is 0.308 e. The van der Waals surface area contributed by atoms with Gasteiger partial charge in [-0.1, -0.05) is 18.2 Å². The Bertz CT molecular complexity index is 1000. The number of hydrogen-bond acceptors (Lipinski definition) is 5. The lowest BCUT2D eigenvalue weighted by molar-refractivity contribution is -0.131. The number of hydrogen-bond donors (Lipinski definition) is 1. The largest absolute Gasteiger partial charge is 0.426 e. The Labute approximate surface area is 158 Å². The molecule has 2 aromatic carbocycles. The van der Waals surface area contributed by atoms with Crippen molar-refractivity contribution in [2.45, 2.75) is 19.8 Å². The van der Waals surface area contributed by atoms with Gasteiger partial charge in [-0.05, 0) is 42.7 Å². The second-order valence-corrected chi connectivity index (χ2v) is 8.23. The molecule has 1 amide bonds. The van der Waals surface area contributed by atoms with Crippen LogP contribution in [0.4, 0.5) is 11.4 Å². The molecule has 0 fully saturated rings. The number of carbonyl (C=O) groups is 2. The number of carbonyl (C=O) groups excluding carboxylic acids is 2. The van der Waals surface area contributed by atoms with Gasteiger partial charge < -0.3 is 10.1 Å². The zero-order valence-corrected chi connectivity index (χ0v) is 15.9. The van der Waals surface area contributed by atoms with E-state index in [0.29, 0.717) is 17.9 Å². The minimum absolute atomic E-state index is 0.165. The summed E-state index contributed by atoms with van der Waals surface area (Å²) in [6.07, 6.45) is 2.70. The van der Waals surface area contributed by atoms with Gasteiger partial charge in [0.1, 0.15) is 5.75 Å². The van der Waals surface area contributed by atoms with Crippen LogP contribution >= 0.6 is 0 Å². The van der Waals surface area contributed by atoms with Crippen LogP contribution in [0, 0.1) is 0 Å². The van der Waals surface area contributed by atoms with E-state index in [1.54, 1.807) is 30.3 Å². The minimum atomic E-state index is -3.39. The fraction of sp³-hybridized carbons (Fsp3) is 0.263. The lowest BCUT2D eigenvalue weighted by Crippen LogP contribution is -2.34. The van der Waals surface area contributed by atoms with Gasteiger partial charge >= 0.3 is 5.97 Å². The van der Waals surface area contributed by atoms with Crippen molar-refractivity contribution in [3.05, 3.63) is 53.6 Å². The highest BCUT2D eigenvalue weighted by atomic mass is 32.2. The molecule has 2 aromatic rings. The summed E-state index contributed by atoms with van der Waals surface area (Å²) in [7, 11) is -3.39. The quantitative estimate of drug-likeness (QED) is 0.642. The highest BCUT2D eigenvalue weighted by Crippen LogP contribution is 2.32. The molecule has 1 N–H and O–H groups in total. The molecule has 0 atom stereocenters. The molecule has 1 heterocycles. The Morgan fingerprint density at radius 3 is 2.59 bits per heavy atom. The second kappa shape index (κ2) is 7.40. The van der Waals surface area contributed by atoms with Gasteiger partial charge in [0.15, 0.2) is 0 Å². The fourth-order valence-corrected chi connectivity index (χ4v) is 4.05. The van der Waals surface area contributed by atoms with Crippen LogP contribution in [0.15, 0.2) is 42.5 Å². The van der Waals surface area contributed by atoms with E-state index in [1.165, 1.54) is 23.6 Å². The van der Waals surface area contributed by atoms with Crippen molar-refractivity contribution < 1.29 is 22.7 Å². The van der Waals surface area contributed by atoms with E-state index in [-0.39, 0.29) is 11.3 Å². The predicted molar refractivity (Wildman–Crippen MR) is 103 cm³/mol. The van der Waals surface area contributed by atoms with Gasteiger partial charge in [0.2, 0.25) is 10.0 Å². The lowest BCUT2D eigenvalue weighted by atomic mass is 10.0. The number of nitrogens with one attached hydrogen (secondary N) is 1. The number of sulfonamides is 1. The summed E-state index contributed by atoms with van der Waals surface area (Å²) in [6.45, 7) is 1.68. The van der Waals surface area contributed by atoms with E-state index >= 15 is 0 Å². The first-order valence-electron chi connectivity index (χ1n) is 8.45. The molecule has 1 aliphatic heterocycles. The van der Waals surface area contributed by atoms with Crippen molar-refractivity contribution in [3.63, 3.8) is 0 Å². The van der Waals surface area contributed by atoms with Crippen molar-refractivity contribution >= 4 is 33.3 Å². The lowest BCUT2D eigenvalue weighted by Gasteiger charge is -2.29. The van der Waals surface area contributed by atoms with Crippen LogP contribution in [0.1, 0.15) is 29.3 Å². The van der Waals surface area contributed by atoms with E-state index in [4.69, 9.17) is 4.74 Å². The van der Waals surface area contributed by atoms with Crippen LogP contribution in [0.3, 0.4) is 0 Å². The number of fused-ring (bicyclic) bond motifs is 1. The standard InChI is InChI=1S/C19H20N2O5S/c1-13(22)26-18-8-4-3-7-16(18)19(23)20-15-10-9-14-6-5-11-21(17(14)12-15)27(2,24)25/h3-4,7-10,12H,5-6,11H2,1-2H3,(H,20,23). The molecule has 0 bridgehead atoms. The fourth-order valence-electron chi connectivity index (χ4n) is 3.06. The van der Waals surface area contributed by atoms with Crippen molar-refractivity contribution in [3.8, 4) is 5.75 Å². The molecular weight excluding hydrogens is 368 g/mol. The maximum absolute atomic E-state index is 12.6. The highest BCUT2D eigenvalue weighted by Gasteiger charge is 2.24. The van der Waals surface area contributed by atoms with Gasteiger partial charge in [0.05, 0.1) is 17.5 Å². The molecule has 0 unspecified atom stereocenters. The Hall–Kier alpha value is -2.87. The number of ether oxygens (including phenoxy) is 1. The molecule has 142 valence electrons. The van der Waals surface area contributed by atoms with E-state index in [0.717, 1.165) is 18.4 Å². The van der Waals surface area contributed by atoms with Crippen molar-refractivity contribution in [2.24, 2.45) is 0 Å². The molecule has 0 spiro atoms. The molecule has 0 aromatic heterocycles. The summed E-state index contributed by atoms with van der Waals surface area (Å²) in [6, 6.07) is 11.6. The van der Waals surface area contributed by atoms with E-state index in [9.17, 15) is 18.0 Å². The smallest absolute Gasteiger partial charge is 0.308 e. The summed E-state index contributed by atoms with van der Waals surface area (Å²) < 4.78 is 30.5. The number of para-hydroxylation sites is 1. The van der Waals surface area contributed by atoms with Gasteiger partial charge in [-0.25, -0.2) is 8.42 Å². The first kappa shape index (κ1) is 18.9. The first-order valence-corrected chi connectivity index (χ1v) is 10.3. The number of aryl methyl sites for hydroxylation is 1. The van der Waals surface area contributed by atoms with Crippen LogP contribution < -0.4 is 14.4 Å². The van der Waals surface area contributed by atoms with E-state index < -0.39 is 21.9 Å². The van der Waals surface area contributed by atoms with Gasteiger partial charge in [-0.2, -0.15) is 0 Å². The Morgan fingerprint density at radius 2 is 1.89 bits per heavy atom. The third kappa shape index (κ3) is 4.28. The van der Waals surface area contributed by atoms with Gasteiger partial charge in [-0.15, -0.1) is 0 Å². The van der Waals surface area contributed by atoms with Crippen molar-refractivity contribution in [2.75, 3.05) is 22.4 Å². The van der Waals surface area contributed by atoms with E-state index in [1.807, 2.05) is 6.07 Å². The number of amides is 1. The molecule has 3 rings (SSSR count). The van der Waals surface area contributed by atoms with E-state index in [2.05, 4.69) is 5.32 Å². The monoisotopic (exact) mass is 388 g/mol. The zero-order chi connectivity index (χ0) is 19.6. The molecule has 0 saturated heterocycles. The summed E-state index contributed by atoms with van der Waals surface area (Å²) in [4.78, 5) is 23.8. The number of nitrogens with zero attached hydrogens (tertiary/aromatic N) is 1. The van der Waals surface area contributed by atoms with Crippen LogP contribution in [-0.4, -0.2) is 33.1 Å². The molecule has 27 heavy (non-hydrogen) atoms. The zero-order valence-electron chi connectivity index (χ0n) is 15.1. The van der Waals surface area contributed by atoms with Crippen LogP contribution in [0.5, 0.6) is 5.75 Å². The van der Waals surface area contributed by atoms with Crippen molar-refractivity contribution in [1.82, 2.24) is 0 Å². The predicted octanol–water partition coefficient (Wildman–Crippen LogP) is 2.58. The average molecular weight is 388 g/mol. The molecule has 8 heteroatoms. The minimum Gasteiger partial charge on any atom is -0.426 e. The second-order valence-electron chi connectivity index (χ2n) is 6.33. The molecule has 0 saturated carbocycles. The Morgan fingerprint density at radius 1 is 1.15 bits per heavy atom. The number of rotatable bonds is 4. The molecule has 7 nitrogen and oxygen atoms in total. The molecule has 0 radical (unpaired) electrons. The topological polar surface area (TPSA) is 92.8 Å². The maximum atomic E-state index is 12.6. The van der Waals surface area contributed by atoms with Crippen LogP contribution in [0.25, 0.3) is 0 Å². The number of anilines is 2. The summed E-state index contributed by atoms with van der Waals surface area (Å²) in [5, 5.41) is 2.74. The third-order valence-corrected chi connectivity index (χ3v) is 5.38. The summed E-state index contributed by atoms with van der Waals surface area (Å²) in [5.74, 6) is -0.806. The molecule has 1 aliphatic rings. The summed E-state index contributed by atoms with van der Waals surface area (Å²) >= 11 is 0. The summed E-state index contributed by atoms with van der Waals surface area (Å²) in [5.41, 5.74) is 2.18. The average Bonchev–Trinajstić information content (AvgIpc) is 2.60. The highest BCUT2D eigenvalue weighted by molar-refractivity contribution is 7.92. The Balaban J connectivity index is 1.89. The third-order valence-electron chi connectivity index (χ3n) is 4.20. The first-order chi connectivity index (χ1) is 12.8. The van der Waals surface area contributed by atoms with Gasteiger partial charge in [0, 0.05) is 19.2 Å². The Kier molecular flexibility index (Phi) is 5.18. The SMILES string of the molecule is CC(=O)Oc1ccccc1C(=O)Nc1ccc2c(c1)N(S(C)(=O)=O)CCC2. The number of benzene rings is 2. The molecule has 0 aliphatic carbocycles. The molecular formula is C19H20N2O5S. The van der Waals surface area contributed by atoms with Gasteiger partial charge in [0.25, 0.3) is 5.91 Å². The normalized spacial score (nSPS) is 13.6. The van der Waals surface area contributed by atoms with Gasteiger partial charge in [-0.3, -0.25) is 13.9 Å².